The van der Waals surface area contributed by atoms with Crippen LogP contribution in [0, 0.1) is 0 Å². The van der Waals surface area contributed by atoms with Crippen molar-refractivity contribution in [3.63, 3.8) is 0 Å². The van der Waals surface area contributed by atoms with Gasteiger partial charge in [-0.15, -0.1) is 0 Å². The lowest BCUT2D eigenvalue weighted by molar-refractivity contribution is 0.415. The summed E-state index contributed by atoms with van der Waals surface area (Å²) >= 11 is 7.69. The van der Waals surface area contributed by atoms with E-state index in [2.05, 4.69) is 10.3 Å². The van der Waals surface area contributed by atoms with Crippen LogP contribution in [0.4, 0.5) is 16.5 Å². The van der Waals surface area contributed by atoms with E-state index in [0.29, 0.717) is 5.02 Å². The number of thiazole rings is 1. The van der Waals surface area contributed by atoms with Gasteiger partial charge in [0.05, 0.1) is 28.0 Å². The van der Waals surface area contributed by atoms with Crippen LogP contribution in [-0.2, 0) is 0 Å². The second-order valence-electron chi connectivity index (χ2n) is 4.22. The van der Waals surface area contributed by atoms with Crippen LogP contribution in [0.25, 0.3) is 10.2 Å². The maximum atomic E-state index is 6.17. The van der Waals surface area contributed by atoms with Crippen LogP contribution in [0.3, 0.4) is 0 Å². The third-order valence-corrected chi connectivity index (χ3v) is 4.09. The summed E-state index contributed by atoms with van der Waals surface area (Å²) in [4.78, 5) is 4.50. The Morgan fingerprint density at radius 1 is 1.25 bits per heavy atom. The normalized spacial score (nSPS) is 10.7. The molecule has 0 bridgehead atoms. The zero-order valence-corrected chi connectivity index (χ0v) is 12.3. The number of methoxy groups -OCH3 is 1. The van der Waals surface area contributed by atoms with Crippen molar-refractivity contribution in [1.29, 1.82) is 0 Å². The number of fused-ring (bicyclic) bond motifs is 1. The van der Waals surface area contributed by atoms with Crippen LogP contribution >= 0.6 is 22.9 Å². The van der Waals surface area contributed by atoms with Crippen LogP contribution in [0.2, 0.25) is 5.02 Å². The van der Waals surface area contributed by atoms with Gasteiger partial charge in [0.15, 0.2) is 5.13 Å². The van der Waals surface area contributed by atoms with E-state index >= 15 is 0 Å². The Balaban J connectivity index is 1.96. The zero-order chi connectivity index (χ0) is 14.1. The maximum absolute atomic E-state index is 6.17. The number of anilines is 3. The molecule has 1 aromatic heterocycles. The number of rotatable bonds is 3. The monoisotopic (exact) mass is 305 g/mol. The first-order valence-electron chi connectivity index (χ1n) is 5.92. The van der Waals surface area contributed by atoms with Gasteiger partial charge < -0.3 is 15.8 Å². The molecular weight excluding hydrogens is 294 g/mol. The molecule has 1 heterocycles. The van der Waals surface area contributed by atoms with E-state index in [1.54, 1.807) is 13.2 Å². The van der Waals surface area contributed by atoms with E-state index in [1.807, 2.05) is 30.3 Å². The summed E-state index contributed by atoms with van der Waals surface area (Å²) in [6, 6.07) is 11.1. The molecule has 2 aromatic carbocycles. The van der Waals surface area contributed by atoms with Crippen LogP contribution in [0.1, 0.15) is 0 Å². The van der Waals surface area contributed by atoms with Crippen molar-refractivity contribution in [3.05, 3.63) is 41.4 Å². The highest BCUT2D eigenvalue weighted by atomic mass is 35.5. The summed E-state index contributed by atoms with van der Waals surface area (Å²) in [6.07, 6.45) is 0. The molecule has 3 N–H and O–H groups in total. The van der Waals surface area contributed by atoms with E-state index in [4.69, 9.17) is 22.1 Å². The molecule has 0 radical (unpaired) electrons. The highest BCUT2D eigenvalue weighted by Gasteiger charge is 2.07. The third-order valence-electron chi connectivity index (χ3n) is 2.83. The Labute approximate surface area is 125 Å². The Morgan fingerprint density at radius 2 is 2.10 bits per heavy atom. The lowest BCUT2D eigenvalue weighted by Gasteiger charge is -2.07. The molecule has 0 fully saturated rings. The van der Waals surface area contributed by atoms with Crippen molar-refractivity contribution >= 4 is 49.7 Å². The van der Waals surface area contributed by atoms with Crippen molar-refractivity contribution in [3.8, 4) is 5.75 Å². The largest absolute Gasteiger partial charge is 0.497 e. The lowest BCUT2D eigenvalue weighted by atomic mass is 10.3. The zero-order valence-electron chi connectivity index (χ0n) is 10.7. The smallest absolute Gasteiger partial charge is 0.188 e. The summed E-state index contributed by atoms with van der Waals surface area (Å²) in [5.74, 6) is 0.738. The summed E-state index contributed by atoms with van der Waals surface area (Å²) in [5, 5.41) is 4.59. The molecule has 0 aliphatic heterocycles. The average Bonchev–Trinajstić information content (AvgIpc) is 2.82. The molecule has 0 spiro atoms. The fraction of sp³-hybridized carbons (Fsp3) is 0.0714. The summed E-state index contributed by atoms with van der Waals surface area (Å²) in [7, 11) is 1.62. The van der Waals surface area contributed by atoms with Gasteiger partial charge in [0, 0.05) is 11.8 Å². The highest BCUT2D eigenvalue weighted by molar-refractivity contribution is 7.22. The Kier molecular flexibility index (Phi) is 3.38. The predicted octanol–water partition coefficient (Wildman–Crippen LogP) is 4.28. The average molecular weight is 306 g/mol. The molecule has 0 saturated heterocycles. The van der Waals surface area contributed by atoms with Crippen LogP contribution in [0.15, 0.2) is 36.4 Å². The molecule has 20 heavy (non-hydrogen) atoms. The molecule has 4 nitrogen and oxygen atoms in total. The molecule has 0 amide bonds. The Bertz CT molecular complexity index is 772. The summed E-state index contributed by atoms with van der Waals surface area (Å²) in [6.45, 7) is 0. The molecule has 0 atom stereocenters. The fourth-order valence-electron chi connectivity index (χ4n) is 1.84. The van der Waals surface area contributed by atoms with Crippen molar-refractivity contribution in [1.82, 2.24) is 4.98 Å². The number of ether oxygens (including phenoxy) is 1. The number of benzene rings is 2. The number of nitrogen functional groups attached to an aromatic ring is 1. The Morgan fingerprint density at radius 3 is 2.90 bits per heavy atom. The van der Waals surface area contributed by atoms with Gasteiger partial charge in [-0.05, 0) is 30.3 Å². The van der Waals surface area contributed by atoms with Crippen molar-refractivity contribution in [2.24, 2.45) is 0 Å². The minimum Gasteiger partial charge on any atom is -0.497 e. The molecule has 0 unspecified atom stereocenters. The van der Waals surface area contributed by atoms with Gasteiger partial charge in [-0.2, -0.15) is 0 Å². The maximum Gasteiger partial charge on any atom is 0.188 e. The summed E-state index contributed by atoms with van der Waals surface area (Å²) < 4.78 is 6.22. The molecule has 3 rings (SSSR count). The molecule has 6 heteroatoms. The van der Waals surface area contributed by atoms with Crippen molar-refractivity contribution < 1.29 is 4.74 Å². The predicted molar refractivity (Wildman–Crippen MR) is 85.3 cm³/mol. The van der Waals surface area contributed by atoms with Gasteiger partial charge in [0.25, 0.3) is 0 Å². The second-order valence-corrected chi connectivity index (χ2v) is 5.65. The van der Waals surface area contributed by atoms with Gasteiger partial charge in [0.1, 0.15) is 5.75 Å². The summed E-state index contributed by atoms with van der Waals surface area (Å²) in [5.41, 5.74) is 8.17. The standard InChI is InChI=1S/C14H12ClN3OS/c1-19-9-3-4-10(15)12(7-9)18-14-17-11-5-2-8(16)6-13(11)20-14/h2-7H,16H2,1H3,(H,17,18). The van der Waals surface area contributed by atoms with Gasteiger partial charge in [-0.1, -0.05) is 22.9 Å². The molecule has 0 saturated carbocycles. The fourth-order valence-corrected chi connectivity index (χ4v) is 2.93. The van der Waals surface area contributed by atoms with Crippen LogP contribution < -0.4 is 15.8 Å². The van der Waals surface area contributed by atoms with Gasteiger partial charge in [-0.25, -0.2) is 4.98 Å². The quantitative estimate of drug-likeness (QED) is 0.709. The number of hydrogen-bond acceptors (Lipinski definition) is 5. The first-order chi connectivity index (χ1) is 9.65. The highest BCUT2D eigenvalue weighted by Crippen LogP contribution is 2.33. The van der Waals surface area contributed by atoms with E-state index in [9.17, 15) is 0 Å². The van der Waals surface area contributed by atoms with Crippen LogP contribution in [-0.4, -0.2) is 12.1 Å². The lowest BCUT2D eigenvalue weighted by Crippen LogP contribution is -1.91. The second kappa shape index (κ2) is 5.19. The third kappa shape index (κ3) is 2.50. The number of nitrogens with one attached hydrogen (secondary N) is 1. The van der Waals surface area contributed by atoms with E-state index in [0.717, 1.165) is 32.5 Å². The van der Waals surface area contributed by atoms with Gasteiger partial charge in [0.2, 0.25) is 0 Å². The molecule has 0 aliphatic rings. The van der Waals surface area contributed by atoms with E-state index in [-0.39, 0.29) is 0 Å². The van der Waals surface area contributed by atoms with Gasteiger partial charge in [-0.3, -0.25) is 0 Å². The number of halogens is 1. The number of hydrogen-bond donors (Lipinski definition) is 2. The molecule has 3 aromatic rings. The number of nitrogens with two attached hydrogens (primary N) is 1. The number of nitrogens with zero attached hydrogens (tertiary/aromatic N) is 1. The first-order valence-corrected chi connectivity index (χ1v) is 7.12. The Hall–Kier alpha value is -1.98. The topological polar surface area (TPSA) is 60.2 Å². The minimum absolute atomic E-state index is 0.615. The van der Waals surface area contributed by atoms with Crippen molar-refractivity contribution in [2.75, 3.05) is 18.2 Å². The first kappa shape index (κ1) is 13.0. The van der Waals surface area contributed by atoms with E-state index in [1.165, 1.54) is 11.3 Å². The molecular formula is C14H12ClN3OS. The minimum atomic E-state index is 0.615. The molecule has 102 valence electrons. The SMILES string of the molecule is COc1ccc(Cl)c(Nc2nc3ccc(N)cc3s2)c1. The van der Waals surface area contributed by atoms with Gasteiger partial charge >= 0.3 is 0 Å². The molecule has 0 aliphatic carbocycles. The van der Waals surface area contributed by atoms with E-state index < -0.39 is 0 Å². The van der Waals surface area contributed by atoms with Crippen molar-refractivity contribution in [2.45, 2.75) is 0 Å². The number of aromatic nitrogens is 1. The van der Waals surface area contributed by atoms with Crippen LogP contribution in [0.5, 0.6) is 5.75 Å².